The lowest BCUT2D eigenvalue weighted by molar-refractivity contribution is 0.0730. The molecule has 0 radical (unpaired) electrons. The molecule has 132 valence electrons. The van der Waals surface area contributed by atoms with Crippen LogP contribution < -0.4 is 5.32 Å². The summed E-state index contributed by atoms with van der Waals surface area (Å²) in [5.74, 6) is 0.477. The van der Waals surface area contributed by atoms with Crippen molar-refractivity contribution >= 4 is 27.3 Å². The maximum absolute atomic E-state index is 12.5. The summed E-state index contributed by atoms with van der Waals surface area (Å²) >= 11 is 0. The molecule has 7 nitrogen and oxygen atoms in total. The van der Waals surface area contributed by atoms with Gasteiger partial charge in [-0.05, 0) is 31.2 Å². The van der Waals surface area contributed by atoms with E-state index in [1.54, 1.807) is 24.3 Å². The summed E-state index contributed by atoms with van der Waals surface area (Å²) in [6.07, 6.45) is 1.34. The lowest BCUT2D eigenvalue weighted by Crippen LogP contribution is -2.40. The van der Waals surface area contributed by atoms with Crippen LogP contribution in [0.5, 0.6) is 0 Å². The van der Waals surface area contributed by atoms with Crippen LogP contribution in [0, 0.1) is 0 Å². The molecular weight excluding hydrogens is 342 g/mol. The van der Waals surface area contributed by atoms with Gasteiger partial charge in [-0.1, -0.05) is 12.1 Å². The van der Waals surface area contributed by atoms with Gasteiger partial charge in [0.05, 0.1) is 13.2 Å². The van der Waals surface area contributed by atoms with E-state index in [-0.39, 0.29) is 10.7 Å². The molecule has 0 bridgehead atoms. The third-order valence-corrected chi connectivity index (χ3v) is 5.77. The fraction of sp³-hybridized carbons (Fsp3) is 0.294. The van der Waals surface area contributed by atoms with Crippen LogP contribution in [-0.4, -0.2) is 49.8 Å². The Morgan fingerprint density at radius 3 is 2.60 bits per heavy atom. The third-order valence-electron chi connectivity index (χ3n) is 3.89. The Labute approximate surface area is 146 Å². The van der Waals surface area contributed by atoms with Crippen LogP contribution >= 0.6 is 0 Å². The van der Waals surface area contributed by atoms with Gasteiger partial charge in [-0.3, -0.25) is 4.79 Å². The van der Waals surface area contributed by atoms with Gasteiger partial charge in [0, 0.05) is 30.5 Å². The molecule has 2 aromatic rings. The molecular formula is C17H19N3O4S. The fourth-order valence-electron chi connectivity index (χ4n) is 2.51. The zero-order valence-corrected chi connectivity index (χ0v) is 14.6. The number of sulfonamides is 1. The number of morpholine rings is 1. The van der Waals surface area contributed by atoms with Gasteiger partial charge in [-0.15, -0.1) is 0 Å². The standard InChI is InChI=1S/C17H19N3O4S/c1-13(21)14-3-2-4-15(11-14)19-17-6-5-16(12-18-17)25(22,23)20-7-9-24-10-8-20/h2-6,11-12H,7-10H2,1H3,(H,18,19). The summed E-state index contributed by atoms with van der Waals surface area (Å²) in [4.78, 5) is 15.8. The molecule has 2 heterocycles. The fourth-order valence-corrected chi connectivity index (χ4v) is 3.86. The van der Waals surface area contributed by atoms with E-state index in [1.807, 2.05) is 6.07 Å². The Morgan fingerprint density at radius 1 is 1.20 bits per heavy atom. The minimum Gasteiger partial charge on any atom is -0.379 e. The van der Waals surface area contributed by atoms with Crippen molar-refractivity contribution in [1.82, 2.24) is 9.29 Å². The molecule has 0 atom stereocenters. The molecule has 1 aromatic carbocycles. The van der Waals surface area contributed by atoms with E-state index in [9.17, 15) is 13.2 Å². The molecule has 0 saturated carbocycles. The molecule has 0 spiro atoms. The molecule has 3 rings (SSSR count). The molecule has 1 aromatic heterocycles. The van der Waals surface area contributed by atoms with E-state index in [1.165, 1.54) is 23.5 Å². The average molecular weight is 361 g/mol. The third kappa shape index (κ3) is 4.04. The highest BCUT2D eigenvalue weighted by Crippen LogP contribution is 2.20. The summed E-state index contributed by atoms with van der Waals surface area (Å²) in [6.45, 7) is 3.00. The molecule has 1 saturated heterocycles. The number of Topliss-reactive ketones (excluding diaryl/α,β-unsaturated/α-hetero) is 1. The Kier molecular flexibility index (Phi) is 5.12. The first-order chi connectivity index (χ1) is 12.0. The largest absolute Gasteiger partial charge is 0.379 e. The normalized spacial score (nSPS) is 15.7. The first-order valence-corrected chi connectivity index (χ1v) is 9.33. The molecule has 8 heteroatoms. The number of benzene rings is 1. The average Bonchev–Trinajstić information content (AvgIpc) is 2.63. The van der Waals surface area contributed by atoms with Crippen LogP contribution in [0.15, 0.2) is 47.5 Å². The monoisotopic (exact) mass is 361 g/mol. The highest BCUT2D eigenvalue weighted by atomic mass is 32.2. The Morgan fingerprint density at radius 2 is 1.96 bits per heavy atom. The van der Waals surface area contributed by atoms with E-state index >= 15 is 0 Å². The van der Waals surface area contributed by atoms with Crippen molar-refractivity contribution < 1.29 is 17.9 Å². The summed E-state index contributed by atoms with van der Waals surface area (Å²) in [5.41, 5.74) is 1.31. The minimum atomic E-state index is -3.55. The molecule has 0 aliphatic carbocycles. The maximum Gasteiger partial charge on any atom is 0.244 e. The zero-order valence-electron chi connectivity index (χ0n) is 13.8. The van der Waals surface area contributed by atoms with Gasteiger partial charge >= 0.3 is 0 Å². The van der Waals surface area contributed by atoms with E-state index in [2.05, 4.69) is 10.3 Å². The number of hydrogen-bond donors (Lipinski definition) is 1. The predicted molar refractivity (Wildman–Crippen MR) is 93.5 cm³/mol. The number of ketones is 1. The zero-order chi connectivity index (χ0) is 17.9. The molecule has 25 heavy (non-hydrogen) atoms. The van der Waals surface area contributed by atoms with Gasteiger partial charge in [0.25, 0.3) is 0 Å². The number of rotatable bonds is 5. The quantitative estimate of drug-likeness (QED) is 0.820. The topological polar surface area (TPSA) is 88.6 Å². The number of pyridine rings is 1. The molecule has 1 fully saturated rings. The van der Waals surface area contributed by atoms with Crippen molar-refractivity contribution in [2.24, 2.45) is 0 Å². The molecule has 0 unspecified atom stereocenters. The number of carbonyl (C=O) groups excluding carboxylic acids is 1. The summed E-state index contributed by atoms with van der Waals surface area (Å²) in [5, 5.41) is 3.07. The van der Waals surface area contributed by atoms with E-state index in [0.717, 1.165) is 0 Å². The summed E-state index contributed by atoms with van der Waals surface area (Å²) in [6, 6.07) is 10.2. The lowest BCUT2D eigenvalue weighted by atomic mass is 10.1. The van der Waals surface area contributed by atoms with Crippen molar-refractivity contribution in [2.45, 2.75) is 11.8 Å². The lowest BCUT2D eigenvalue weighted by Gasteiger charge is -2.25. The van der Waals surface area contributed by atoms with E-state index in [4.69, 9.17) is 4.74 Å². The van der Waals surface area contributed by atoms with E-state index < -0.39 is 10.0 Å². The smallest absolute Gasteiger partial charge is 0.244 e. The number of ether oxygens (including phenoxy) is 1. The molecule has 0 amide bonds. The number of anilines is 2. The van der Waals surface area contributed by atoms with Crippen molar-refractivity contribution in [1.29, 1.82) is 0 Å². The first-order valence-electron chi connectivity index (χ1n) is 7.89. The second kappa shape index (κ2) is 7.30. The maximum atomic E-state index is 12.5. The molecule has 1 N–H and O–H groups in total. The van der Waals surface area contributed by atoms with Gasteiger partial charge < -0.3 is 10.1 Å². The van der Waals surface area contributed by atoms with Crippen LogP contribution in [0.4, 0.5) is 11.5 Å². The molecule has 1 aliphatic heterocycles. The summed E-state index contributed by atoms with van der Waals surface area (Å²) < 4.78 is 31.7. The van der Waals surface area contributed by atoms with Crippen molar-refractivity contribution in [3.8, 4) is 0 Å². The van der Waals surface area contributed by atoms with Crippen LogP contribution in [0.1, 0.15) is 17.3 Å². The predicted octanol–water partition coefficient (Wildman–Crippen LogP) is 2.05. The second-order valence-corrected chi connectivity index (χ2v) is 7.60. The van der Waals surface area contributed by atoms with Crippen LogP contribution in [-0.2, 0) is 14.8 Å². The van der Waals surface area contributed by atoms with Crippen LogP contribution in [0.3, 0.4) is 0 Å². The van der Waals surface area contributed by atoms with Gasteiger partial charge in [0.15, 0.2) is 5.78 Å². The van der Waals surface area contributed by atoms with Gasteiger partial charge in [0.2, 0.25) is 10.0 Å². The Balaban J connectivity index is 1.76. The van der Waals surface area contributed by atoms with Gasteiger partial charge in [0.1, 0.15) is 10.7 Å². The SMILES string of the molecule is CC(=O)c1cccc(Nc2ccc(S(=O)(=O)N3CCOCC3)cn2)c1. The highest BCUT2D eigenvalue weighted by Gasteiger charge is 2.26. The highest BCUT2D eigenvalue weighted by molar-refractivity contribution is 7.89. The second-order valence-electron chi connectivity index (χ2n) is 5.66. The van der Waals surface area contributed by atoms with Crippen LogP contribution in [0.2, 0.25) is 0 Å². The van der Waals surface area contributed by atoms with Crippen molar-refractivity contribution in [3.05, 3.63) is 48.2 Å². The number of aromatic nitrogens is 1. The van der Waals surface area contributed by atoms with Crippen molar-refractivity contribution in [2.75, 3.05) is 31.6 Å². The number of hydrogen-bond acceptors (Lipinski definition) is 6. The van der Waals surface area contributed by atoms with Gasteiger partial charge in [-0.25, -0.2) is 13.4 Å². The first kappa shape index (κ1) is 17.5. The number of carbonyl (C=O) groups is 1. The van der Waals surface area contributed by atoms with Crippen molar-refractivity contribution in [3.63, 3.8) is 0 Å². The Hall–Kier alpha value is -2.29. The minimum absolute atomic E-state index is 0.0245. The number of nitrogens with one attached hydrogen (secondary N) is 1. The number of nitrogens with zero attached hydrogens (tertiary/aromatic N) is 2. The summed E-state index contributed by atoms with van der Waals surface area (Å²) in [7, 11) is -3.55. The van der Waals surface area contributed by atoms with E-state index in [0.29, 0.717) is 43.4 Å². The Bertz CT molecular complexity index is 860. The van der Waals surface area contributed by atoms with Crippen LogP contribution in [0.25, 0.3) is 0 Å². The molecule has 1 aliphatic rings. The van der Waals surface area contributed by atoms with Gasteiger partial charge in [-0.2, -0.15) is 4.31 Å².